The molecule has 0 radical (unpaired) electrons. The lowest BCUT2D eigenvalue weighted by Crippen LogP contribution is -2.52. The van der Waals surface area contributed by atoms with E-state index in [4.69, 9.17) is 9.47 Å². The number of benzene rings is 3. The van der Waals surface area contributed by atoms with Gasteiger partial charge in [-0.15, -0.1) is 0 Å². The van der Waals surface area contributed by atoms with Crippen molar-refractivity contribution in [1.82, 2.24) is 10.2 Å². The maximum atomic E-state index is 14.2. The van der Waals surface area contributed by atoms with Crippen LogP contribution in [0.5, 0.6) is 11.5 Å². The predicted octanol–water partition coefficient (Wildman–Crippen LogP) is 4.93. The number of sulfonamides is 1. The quantitative estimate of drug-likeness (QED) is 0.250. The van der Waals surface area contributed by atoms with Gasteiger partial charge in [-0.05, 0) is 55.2 Å². The first-order valence-electron chi connectivity index (χ1n) is 14.1. The summed E-state index contributed by atoms with van der Waals surface area (Å²) in [5, 5.41) is 2.94. The fourth-order valence-electron chi connectivity index (χ4n) is 4.62. The number of para-hydroxylation sites is 1. The maximum absolute atomic E-state index is 14.2. The fourth-order valence-corrected chi connectivity index (χ4v) is 6.05. The first-order chi connectivity index (χ1) is 20.2. The fraction of sp³-hybridized carbons (Fsp3) is 0.375. The van der Waals surface area contributed by atoms with E-state index in [0.29, 0.717) is 24.4 Å². The number of methoxy groups -OCH3 is 2. The Kier molecular flexibility index (Phi) is 11.8. The van der Waals surface area contributed by atoms with Crippen LogP contribution in [0.1, 0.15) is 44.2 Å². The summed E-state index contributed by atoms with van der Waals surface area (Å²) < 4.78 is 39.9. The number of anilines is 1. The van der Waals surface area contributed by atoms with Crippen molar-refractivity contribution in [2.45, 2.75) is 57.5 Å². The highest BCUT2D eigenvalue weighted by Gasteiger charge is 2.34. The molecule has 0 heterocycles. The maximum Gasteiger partial charge on any atom is 0.264 e. The van der Waals surface area contributed by atoms with Gasteiger partial charge in [0, 0.05) is 19.2 Å². The number of hydrogen-bond donors (Lipinski definition) is 1. The molecule has 226 valence electrons. The predicted molar refractivity (Wildman–Crippen MR) is 164 cm³/mol. The van der Waals surface area contributed by atoms with Crippen molar-refractivity contribution < 1.29 is 27.5 Å². The Labute approximate surface area is 249 Å². The van der Waals surface area contributed by atoms with Gasteiger partial charge in [-0.2, -0.15) is 0 Å². The third kappa shape index (κ3) is 7.82. The smallest absolute Gasteiger partial charge is 0.264 e. The zero-order chi connectivity index (χ0) is 30.7. The van der Waals surface area contributed by atoms with Crippen molar-refractivity contribution in [2.24, 2.45) is 0 Å². The van der Waals surface area contributed by atoms with Crippen LogP contribution in [0.3, 0.4) is 0 Å². The van der Waals surface area contributed by atoms with Crippen molar-refractivity contribution in [3.63, 3.8) is 0 Å². The number of amides is 2. The summed E-state index contributed by atoms with van der Waals surface area (Å²) in [5.41, 5.74) is 2.16. The van der Waals surface area contributed by atoms with E-state index in [1.807, 2.05) is 45.0 Å². The molecular weight excluding hydrogens is 554 g/mol. The Hall–Kier alpha value is -4.05. The molecule has 3 aromatic carbocycles. The SMILES string of the molecule is CCCCNC(=O)[C@@H](CC)N(Cc1ccccc1C)C(=O)CN(c1ccccc1)S(=O)(=O)c1ccc(OC)c(OC)c1. The second-order valence-corrected chi connectivity index (χ2v) is 11.7. The van der Waals surface area contributed by atoms with Gasteiger partial charge < -0.3 is 19.7 Å². The van der Waals surface area contributed by atoms with E-state index in [-0.39, 0.29) is 23.1 Å². The van der Waals surface area contributed by atoms with Crippen molar-refractivity contribution >= 4 is 27.5 Å². The van der Waals surface area contributed by atoms with Crippen LogP contribution in [-0.4, -0.2) is 58.5 Å². The minimum Gasteiger partial charge on any atom is -0.493 e. The van der Waals surface area contributed by atoms with Crippen LogP contribution in [0.2, 0.25) is 0 Å². The minimum atomic E-state index is -4.24. The van der Waals surface area contributed by atoms with E-state index in [9.17, 15) is 18.0 Å². The van der Waals surface area contributed by atoms with Crippen LogP contribution in [0, 0.1) is 6.92 Å². The topological polar surface area (TPSA) is 105 Å². The molecule has 0 saturated carbocycles. The van der Waals surface area contributed by atoms with E-state index in [1.165, 1.54) is 37.3 Å². The van der Waals surface area contributed by atoms with Gasteiger partial charge in [0.25, 0.3) is 10.0 Å². The molecule has 42 heavy (non-hydrogen) atoms. The Morgan fingerprint density at radius 3 is 2.19 bits per heavy atom. The number of nitrogens with zero attached hydrogens (tertiary/aromatic N) is 2. The molecule has 0 aromatic heterocycles. The van der Waals surface area contributed by atoms with Crippen molar-refractivity contribution in [2.75, 3.05) is 31.6 Å². The molecule has 0 saturated heterocycles. The summed E-state index contributed by atoms with van der Waals surface area (Å²) in [6.07, 6.45) is 2.10. The first kappa shape index (κ1) is 32.5. The molecule has 3 rings (SSSR count). The highest BCUT2D eigenvalue weighted by atomic mass is 32.2. The lowest BCUT2D eigenvalue weighted by atomic mass is 10.1. The van der Waals surface area contributed by atoms with Crippen LogP contribution < -0.4 is 19.1 Å². The largest absolute Gasteiger partial charge is 0.493 e. The Balaban J connectivity index is 2.06. The lowest BCUT2D eigenvalue weighted by molar-refractivity contribution is -0.140. The second kappa shape index (κ2) is 15.3. The average molecular weight is 596 g/mol. The molecule has 0 aliphatic rings. The average Bonchev–Trinajstić information content (AvgIpc) is 3.00. The number of aryl methyl sites for hydroxylation is 1. The molecule has 0 bridgehead atoms. The third-order valence-electron chi connectivity index (χ3n) is 7.08. The van der Waals surface area contributed by atoms with E-state index < -0.39 is 28.5 Å². The van der Waals surface area contributed by atoms with Crippen LogP contribution in [-0.2, 0) is 26.2 Å². The lowest BCUT2D eigenvalue weighted by Gasteiger charge is -2.33. The second-order valence-electron chi connectivity index (χ2n) is 9.88. The van der Waals surface area contributed by atoms with Gasteiger partial charge in [0.2, 0.25) is 11.8 Å². The summed E-state index contributed by atoms with van der Waals surface area (Å²) in [6.45, 7) is 5.97. The van der Waals surface area contributed by atoms with Crippen molar-refractivity contribution in [3.05, 3.63) is 83.9 Å². The highest BCUT2D eigenvalue weighted by molar-refractivity contribution is 7.92. The van der Waals surface area contributed by atoms with Crippen molar-refractivity contribution in [1.29, 1.82) is 0 Å². The van der Waals surface area contributed by atoms with Gasteiger partial charge in [-0.1, -0.05) is 62.7 Å². The number of hydrogen-bond acceptors (Lipinski definition) is 6. The van der Waals surface area contributed by atoms with Gasteiger partial charge >= 0.3 is 0 Å². The Morgan fingerprint density at radius 2 is 1.57 bits per heavy atom. The van der Waals surface area contributed by atoms with Crippen LogP contribution >= 0.6 is 0 Å². The Bertz CT molecular complexity index is 1450. The number of nitrogens with one attached hydrogen (secondary N) is 1. The van der Waals surface area contributed by atoms with E-state index >= 15 is 0 Å². The van der Waals surface area contributed by atoms with Gasteiger partial charge in [-0.3, -0.25) is 13.9 Å². The molecule has 1 atom stereocenters. The molecule has 9 nitrogen and oxygen atoms in total. The Morgan fingerprint density at radius 1 is 0.905 bits per heavy atom. The number of carbonyl (C=O) groups excluding carboxylic acids is 2. The monoisotopic (exact) mass is 595 g/mol. The standard InChI is InChI=1S/C32H41N3O6S/c1-6-8-20-33-32(37)28(7-2)34(22-25-15-13-12-14-24(25)3)31(36)23-35(26-16-10-9-11-17-26)42(38,39)27-18-19-29(40-4)30(21-27)41-5/h9-19,21,28H,6-8,20,22-23H2,1-5H3,(H,33,37)/t28-/m1/s1. The van der Waals surface area contributed by atoms with E-state index in [1.54, 1.807) is 30.3 Å². The molecule has 2 amide bonds. The number of unbranched alkanes of at least 4 members (excludes halogenated alkanes) is 1. The summed E-state index contributed by atoms with van der Waals surface area (Å²) >= 11 is 0. The third-order valence-corrected chi connectivity index (χ3v) is 8.85. The summed E-state index contributed by atoms with van der Waals surface area (Å²) in [5.74, 6) is -0.137. The van der Waals surface area contributed by atoms with Crippen LogP contribution in [0.4, 0.5) is 5.69 Å². The number of ether oxygens (including phenoxy) is 2. The molecule has 0 fully saturated rings. The molecule has 0 aliphatic heterocycles. The highest BCUT2D eigenvalue weighted by Crippen LogP contribution is 2.32. The minimum absolute atomic E-state index is 0.0633. The number of rotatable bonds is 15. The van der Waals surface area contributed by atoms with Crippen LogP contribution in [0.15, 0.2) is 77.7 Å². The molecule has 3 aromatic rings. The first-order valence-corrected chi connectivity index (χ1v) is 15.5. The molecule has 0 unspecified atom stereocenters. The van der Waals surface area contributed by atoms with Gasteiger partial charge in [-0.25, -0.2) is 8.42 Å². The summed E-state index contributed by atoms with van der Waals surface area (Å²) in [6, 6.07) is 19.6. The molecule has 0 spiro atoms. The van der Waals surface area contributed by atoms with E-state index in [2.05, 4.69) is 5.32 Å². The van der Waals surface area contributed by atoms with Gasteiger partial charge in [0.05, 0.1) is 24.8 Å². The summed E-state index contributed by atoms with van der Waals surface area (Å²) in [4.78, 5) is 28.9. The zero-order valence-electron chi connectivity index (χ0n) is 25.0. The van der Waals surface area contributed by atoms with E-state index in [0.717, 1.165) is 28.3 Å². The van der Waals surface area contributed by atoms with Crippen molar-refractivity contribution in [3.8, 4) is 11.5 Å². The molecule has 10 heteroatoms. The van der Waals surface area contributed by atoms with Crippen LogP contribution in [0.25, 0.3) is 0 Å². The number of carbonyl (C=O) groups is 2. The summed E-state index contributed by atoms with van der Waals surface area (Å²) in [7, 11) is -1.35. The molecule has 1 N–H and O–H groups in total. The van der Waals surface area contributed by atoms with Gasteiger partial charge in [0.1, 0.15) is 12.6 Å². The van der Waals surface area contributed by atoms with Gasteiger partial charge in [0.15, 0.2) is 11.5 Å². The molecular formula is C32H41N3O6S. The zero-order valence-corrected chi connectivity index (χ0v) is 25.8. The normalized spacial score (nSPS) is 11.8. The molecule has 0 aliphatic carbocycles.